The lowest BCUT2D eigenvalue weighted by Gasteiger charge is -2.18. The van der Waals surface area contributed by atoms with Gasteiger partial charge in [0, 0.05) is 19.8 Å². The van der Waals surface area contributed by atoms with Crippen LogP contribution in [0.1, 0.15) is 27.0 Å². The standard InChI is InChI=1S/C16H17ClN2O/c1-11-4-5-14(12(2)8-11)10-19(3)16(20)13-6-7-15(17)18-9-13/h4-9H,10H2,1-3H3. The first-order valence-corrected chi connectivity index (χ1v) is 6.78. The van der Waals surface area contributed by atoms with E-state index in [1.807, 2.05) is 0 Å². The number of amides is 1. The van der Waals surface area contributed by atoms with Crippen LogP contribution in [0.2, 0.25) is 5.15 Å². The Bertz CT molecular complexity index is 623. The number of nitrogens with zero attached hydrogens (tertiary/aromatic N) is 2. The van der Waals surface area contributed by atoms with Gasteiger partial charge in [-0.1, -0.05) is 35.4 Å². The van der Waals surface area contributed by atoms with E-state index in [4.69, 9.17) is 11.6 Å². The minimum atomic E-state index is -0.0610. The van der Waals surface area contributed by atoms with Gasteiger partial charge in [0.05, 0.1) is 5.56 Å². The Hall–Kier alpha value is -1.87. The highest BCUT2D eigenvalue weighted by Gasteiger charge is 2.13. The lowest BCUT2D eigenvalue weighted by Crippen LogP contribution is -2.26. The molecule has 4 heteroatoms. The van der Waals surface area contributed by atoms with Crippen LogP contribution in [-0.4, -0.2) is 22.8 Å². The van der Waals surface area contributed by atoms with Crippen molar-refractivity contribution >= 4 is 17.5 Å². The van der Waals surface area contributed by atoms with E-state index >= 15 is 0 Å². The van der Waals surface area contributed by atoms with Crippen LogP contribution < -0.4 is 0 Å². The molecule has 3 nitrogen and oxygen atoms in total. The Morgan fingerprint density at radius 1 is 1.25 bits per heavy atom. The molecule has 0 fully saturated rings. The van der Waals surface area contributed by atoms with Crippen LogP contribution in [-0.2, 0) is 6.54 Å². The Balaban J connectivity index is 2.13. The van der Waals surface area contributed by atoms with Gasteiger partial charge in [-0.05, 0) is 37.1 Å². The van der Waals surface area contributed by atoms with E-state index < -0.39 is 0 Å². The number of hydrogen-bond acceptors (Lipinski definition) is 2. The van der Waals surface area contributed by atoms with E-state index in [9.17, 15) is 4.79 Å². The molecule has 20 heavy (non-hydrogen) atoms. The normalized spacial score (nSPS) is 10.4. The maximum absolute atomic E-state index is 12.3. The number of pyridine rings is 1. The maximum atomic E-state index is 12.3. The van der Waals surface area contributed by atoms with E-state index in [-0.39, 0.29) is 5.91 Å². The average Bonchev–Trinajstić information content (AvgIpc) is 2.42. The molecular weight excluding hydrogens is 272 g/mol. The summed E-state index contributed by atoms with van der Waals surface area (Å²) in [5.41, 5.74) is 4.11. The summed E-state index contributed by atoms with van der Waals surface area (Å²) in [7, 11) is 1.79. The molecule has 0 spiro atoms. The predicted molar refractivity (Wildman–Crippen MR) is 81.0 cm³/mol. The van der Waals surface area contributed by atoms with Gasteiger partial charge in [0.25, 0.3) is 5.91 Å². The quantitative estimate of drug-likeness (QED) is 0.808. The van der Waals surface area contributed by atoms with Gasteiger partial charge in [0.15, 0.2) is 0 Å². The number of hydrogen-bond donors (Lipinski definition) is 0. The minimum absolute atomic E-state index is 0.0610. The molecule has 0 bridgehead atoms. The van der Waals surface area contributed by atoms with Crippen molar-refractivity contribution in [1.29, 1.82) is 0 Å². The smallest absolute Gasteiger partial charge is 0.255 e. The van der Waals surface area contributed by atoms with Crippen LogP contribution >= 0.6 is 11.6 Å². The lowest BCUT2D eigenvalue weighted by atomic mass is 10.1. The van der Waals surface area contributed by atoms with Crippen LogP contribution in [0.15, 0.2) is 36.5 Å². The molecule has 2 aromatic rings. The number of aromatic nitrogens is 1. The van der Waals surface area contributed by atoms with Crippen molar-refractivity contribution in [3.8, 4) is 0 Å². The Kier molecular flexibility index (Phi) is 4.40. The highest BCUT2D eigenvalue weighted by Crippen LogP contribution is 2.14. The van der Waals surface area contributed by atoms with Crippen molar-refractivity contribution in [3.63, 3.8) is 0 Å². The third-order valence-electron chi connectivity index (χ3n) is 3.23. The van der Waals surface area contributed by atoms with Crippen LogP contribution in [0.5, 0.6) is 0 Å². The highest BCUT2D eigenvalue weighted by molar-refractivity contribution is 6.29. The van der Waals surface area contributed by atoms with Crippen LogP contribution in [0.3, 0.4) is 0 Å². The number of halogens is 1. The Morgan fingerprint density at radius 2 is 2.00 bits per heavy atom. The van der Waals surface area contributed by atoms with Gasteiger partial charge in [-0.3, -0.25) is 4.79 Å². The maximum Gasteiger partial charge on any atom is 0.255 e. The van der Waals surface area contributed by atoms with Gasteiger partial charge in [-0.15, -0.1) is 0 Å². The fraction of sp³-hybridized carbons (Fsp3) is 0.250. The van der Waals surface area contributed by atoms with Crippen LogP contribution in [0, 0.1) is 13.8 Å². The predicted octanol–water partition coefficient (Wildman–Crippen LogP) is 3.62. The summed E-state index contributed by atoms with van der Waals surface area (Å²) in [5.74, 6) is -0.0610. The van der Waals surface area contributed by atoms with Gasteiger partial charge >= 0.3 is 0 Å². The molecule has 0 aliphatic rings. The fourth-order valence-corrected chi connectivity index (χ4v) is 2.19. The second-order valence-corrected chi connectivity index (χ2v) is 5.35. The number of rotatable bonds is 3. The molecule has 0 unspecified atom stereocenters. The molecule has 0 saturated heterocycles. The molecule has 1 amide bonds. The topological polar surface area (TPSA) is 33.2 Å². The largest absolute Gasteiger partial charge is 0.337 e. The highest BCUT2D eigenvalue weighted by atomic mass is 35.5. The summed E-state index contributed by atoms with van der Waals surface area (Å²) in [6.45, 7) is 4.70. The summed E-state index contributed by atoms with van der Waals surface area (Å²) in [6.07, 6.45) is 1.50. The van der Waals surface area contributed by atoms with Crippen molar-refractivity contribution < 1.29 is 4.79 Å². The van der Waals surface area contributed by atoms with Crippen LogP contribution in [0.4, 0.5) is 0 Å². The molecular formula is C16H17ClN2O. The zero-order chi connectivity index (χ0) is 14.7. The summed E-state index contributed by atoms with van der Waals surface area (Å²) in [5, 5.41) is 0.388. The third kappa shape index (κ3) is 3.36. The Morgan fingerprint density at radius 3 is 2.60 bits per heavy atom. The van der Waals surface area contributed by atoms with Gasteiger partial charge in [-0.2, -0.15) is 0 Å². The van der Waals surface area contributed by atoms with Crippen LogP contribution in [0.25, 0.3) is 0 Å². The van der Waals surface area contributed by atoms with Gasteiger partial charge in [0.2, 0.25) is 0 Å². The second-order valence-electron chi connectivity index (χ2n) is 4.96. The molecule has 0 aliphatic heterocycles. The minimum Gasteiger partial charge on any atom is -0.337 e. The summed E-state index contributed by atoms with van der Waals surface area (Å²) in [6, 6.07) is 9.56. The van der Waals surface area contributed by atoms with Crippen molar-refractivity contribution in [1.82, 2.24) is 9.88 Å². The summed E-state index contributed by atoms with van der Waals surface area (Å²) < 4.78 is 0. The number of aryl methyl sites for hydroxylation is 2. The van der Waals surface area contributed by atoms with Crippen molar-refractivity contribution in [2.24, 2.45) is 0 Å². The zero-order valence-corrected chi connectivity index (χ0v) is 12.6. The number of benzene rings is 1. The van der Waals surface area contributed by atoms with Gasteiger partial charge in [0.1, 0.15) is 5.15 Å². The first-order chi connectivity index (χ1) is 9.47. The monoisotopic (exact) mass is 288 g/mol. The summed E-state index contributed by atoms with van der Waals surface area (Å²) in [4.78, 5) is 17.9. The number of carbonyl (C=O) groups excluding carboxylic acids is 1. The molecule has 0 N–H and O–H groups in total. The van der Waals surface area contributed by atoms with E-state index in [1.54, 1.807) is 24.1 Å². The average molecular weight is 289 g/mol. The van der Waals surface area contributed by atoms with E-state index in [1.165, 1.54) is 17.3 Å². The van der Waals surface area contributed by atoms with E-state index in [0.717, 1.165) is 5.56 Å². The van der Waals surface area contributed by atoms with Gasteiger partial charge in [-0.25, -0.2) is 4.98 Å². The first-order valence-electron chi connectivity index (χ1n) is 6.40. The molecule has 0 aliphatic carbocycles. The zero-order valence-electron chi connectivity index (χ0n) is 11.9. The van der Waals surface area contributed by atoms with E-state index in [2.05, 4.69) is 37.0 Å². The van der Waals surface area contributed by atoms with Crippen molar-refractivity contribution in [2.45, 2.75) is 20.4 Å². The molecule has 0 saturated carbocycles. The fourth-order valence-electron chi connectivity index (χ4n) is 2.07. The van der Waals surface area contributed by atoms with Gasteiger partial charge < -0.3 is 4.90 Å². The molecule has 0 radical (unpaired) electrons. The molecule has 1 heterocycles. The second kappa shape index (κ2) is 6.06. The van der Waals surface area contributed by atoms with Crippen molar-refractivity contribution in [3.05, 3.63) is 63.9 Å². The molecule has 104 valence electrons. The Labute approximate surface area is 124 Å². The third-order valence-corrected chi connectivity index (χ3v) is 3.45. The van der Waals surface area contributed by atoms with E-state index in [0.29, 0.717) is 17.3 Å². The molecule has 0 atom stereocenters. The van der Waals surface area contributed by atoms with Crippen molar-refractivity contribution in [2.75, 3.05) is 7.05 Å². The molecule has 1 aromatic heterocycles. The summed E-state index contributed by atoms with van der Waals surface area (Å²) >= 11 is 5.73. The SMILES string of the molecule is Cc1ccc(CN(C)C(=O)c2ccc(Cl)nc2)c(C)c1. The number of carbonyl (C=O) groups is 1. The molecule has 1 aromatic carbocycles. The molecule has 2 rings (SSSR count). The first kappa shape index (κ1) is 14.5. The lowest BCUT2D eigenvalue weighted by molar-refractivity contribution is 0.0784.